The van der Waals surface area contributed by atoms with Crippen molar-refractivity contribution in [3.63, 3.8) is 0 Å². The molecule has 0 fully saturated rings. The predicted molar refractivity (Wildman–Crippen MR) is 105 cm³/mol. The van der Waals surface area contributed by atoms with Crippen molar-refractivity contribution in [2.45, 2.75) is 18.5 Å². The molecule has 3 aromatic rings. The van der Waals surface area contributed by atoms with Gasteiger partial charge in [-0.2, -0.15) is 0 Å². The van der Waals surface area contributed by atoms with Crippen LogP contribution in [0.5, 0.6) is 0 Å². The quantitative estimate of drug-likeness (QED) is 0.501. The Hall–Kier alpha value is -2.87. The minimum absolute atomic E-state index is 0.0367. The van der Waals surface area contributed by atoms with Crippen LogP contribution in [0.25, 0.3) is 0 Å². The van der Waals surface area contributed by atoms with E-state index in [4.69, 9.17) is 0 Å². The number of nitrogens with one attached hydrogen (secondary N) is 1. The van der Waals surface area contributed by atoms with E-state index in [2.05, 4.69) is 15.5 Å². The first kappa shape index (κ1) is 18.9. The fourth-order valence-electron chi connectivity index (χ4n) is 2.61. The van der Waals surface area contributed by atoms with Gasteiger partial charge in [0.05, 0.1) is 5.75 Å². The summed E-state index contributed by atoms with van der Waals surface area (Å²) in [6.07, 6.45) is 2.67. The molecule has 3 rings (SSSR count). The highest BCUT2D eigenvalue weighted by Gasteiger charge is 2.13. The highest BCUT2D eigenvalue weighted by molar-refractivity contribution is 7.99. The number of benzene rings is 1. The molecule has 0 bridgehead atoms. The molecule has 0 saturated heterocycles. The third-order valence-corrected chi connectivity index (χ3v) is 5.22. The average Bonchev–Trinajstić information content (AvgIpc) is 3.20. The summed E-state index contributed by atoms with van der Waals surface area (Å²) in [5.41, 5.74) is 2.32. The molecule has 1 amide bonds. The van der Waals surface area contributed by atoms with Crippen LogP contribution >= 0.6 is 11.8 Å². The summed E-state index contributed by atoms with van der Waals surface area (Å²) in [4.78, 5) is 23.6. The maximum atomic E-state index is 12.2. The molecule has 0 atom stereocenters. The van der Waals surface area contributed by atoms with Crippen molar-refractivity contribution in [3.8, 4) is 0 Å². The Kier molecular flexibility index (Phi) is 5.75. The lowest BCUT2D eigenvalue weighted by Gasteiger charge is -2.07. The van der Waals surface area contributed by atoms with E-state index in [1.54, 1.807) is 24.3 Å². The van der Waals surface area contributed by atoms with Gasteiger partial charge in [-0.25, -0.2) is 0 Å². The van der Waals surface area contributed by atoms with E-state index in [0.717, 1.165) is 11.5 Å². The lowest BCUT2D eigenvalue weighted by Crippen LogP contribution is -2.15. The molecule has 27 heavy (non-hydrogen) atoms. The van der Waals surface area contributed by atoms with E-state index in [-0.39, 0.29) is 17.4 Å². The van der Waals surface area contributed by atoms with Gasteiger partial charge in [-0.15, -0.1) is 10.2 Å². The second kappa shape index (κ2) is 8.22. The van der Waals surface area contributed by atoms with Crippen LogP contribution in [-0.4, -0.2) is 36.8 Å². The van der Waals surface area contributed by atoms with Gasteiger partial charge >= 0.3 is 0 Å². The van der Waals surface area contributed by atoms with E-state index in [1.165, 1.54) is 18.7 Å². The predicted octanol–water partition coefficient (Wildman–Crippen LogP) is 2.68. The number of hydrogen-bond acceptors (Lipinski definition) is 5. The topological polar surface area (TPSA) is 81.8 Å². The molecular formula is C19H21N5O2S. The van der Waals surface area contributed by atoms with Crippen LogP contribution in [-0.2, 0) is 25.3 Å². The van der Waals surface area contributed by atoms with Crippen LogP contribution in [0.4, 0.5) is 5.69 Å². The largest absolute Gasteiger partial charge is 0.354 e. The Labute approximate surface area is 161 Å². The molecule has 2 heterocycles. The van der Waals surface area contributed by atoms with Gasteiger partial charge in [0, 0.05) is 43.7 Å². The second-order valence-electron chi connectivity index (χ2n) is 6.22. The average molecular weight is 383 g/mol. The molecule has 0 spiro atoms. The third kappa shape index (κ3) is 4.65. The van der Waals surface area contributed by atoms with Crippen LogP contribution in [0.15, 0.2) is 47.8 Å². The second-order valence-corrected chi connectivity index (χ2v) is 7.16. The molecule has 1 N–H and O–H groups in total. The Balaban J connectivity index is 1.58. The molecular weight excluding hydrogens is 362 g/mol. The van der Waals surface area contributed by atoms with Crippen LogP contribution in [0.1, 0.15) is 28.8 Å². The number of carbonyl (C=O) groups is 2. The van der Waals surface area contributed by atoms with Crippen molar-refractivity contribution < 1.29 is 9.59 Å². The van der Waals surface area contributed by atoms with Crippen molar-refractivity contribution in [2.24, 2.45) is 14.1 Å². The van der Waals surface area contributed by atoms with Crippen molar-refractivity contribution in [3.05, 3.63) is 59.7 Å². The van der Waals surface area contributed by atoms with Crippen LogP contribution < -0.4 is 5.32 Å². The summed E-state index contributed by atoms with van der Waals surface area (Å²) >= 11 is 1.33. The summed E-state index contributed by atoms with van der Waals surface area (Å²) in [7, 11) is 3.89. The summed E-state index contributed by atoms with van der Waals surface area (Å²) in [5.74, 6) is 0.854. The van der Waals surface area contributed by atoms with Crippen LogP contribution in [0, 0.1) is 0 Å². The minimum Gasteiger partial charge on any atom is -0.354 e. The number of ketones is 1. The van der Waals surface area contributed by atoms with Crippen molar-refractivity contribution in [2.75, 3.05) is 11.1 Å². The van der Waals surface area contributed by atoms with Gasteiger partial charge in [0.15, 0.2) is 10.9 Å². The molecule has 2 aromatic heterocycles. The number of amides is 1. The van der Waals surface area contributed by atoms with E-state index >= 15 is 0 Å². The number of nitrogens with zero attached hydrogens (tertiary/aromatic N) is 4. The Morgan fingerprint density at radius 2 is 1.96 bits per heavy atom. The van der Waals surface area contributed by atoms with Gasteiger partial charge in [0.2, 0.25) is 5.91 Å². The monoisotopic (exact) mass is 383 g/mol. The van der Waals surface area contributed by atoms with Crippen molar-refractivity contribution >= 4 is 29.1 Å². The smallest absolute Gasteiger partial charge is 0.234 e. The Bertz CT molecular complexity index is 976. The zero-order valence-electron chi connectivity index (χ0n) is 15.5. The lowest BCUT2D eigenvalue weighted by molar-refractivity contribution is -0.113. The summed E-state index contributed by atoms with van der Waals surface area (Å²) < 4.78 is 3.95. The molecule has 0 aliphatic rings. The van der Waals surface area contributed by atoms with Crippen molar-refractivity contribution in [1.29, 1.82) is 0 Å². The minimum atomic E-state index is -0.160. The number of rotatable bonds is 7. The molecule has 7 nitrogen and oxygen atoms in total. The highest BCUT2D eigenvalue weighted by atomic mass is 32.2. The van der Waals surface area contributed by atoms with Crippen molar-refractivity contribution in [1.82, 2.24) is 19.3 Å². The first-order valence-electron chi connectivity index (χ1n) is 8.46. The van der Waals surface area contributed by atoms with Crippen LogP contribution in [0.3, 0.4) is 0 Å². The number of thioether (sulfide) groups is 1. The Morgan fingerprint density at radius 3 is 2.67 bits per heavy atom. The first-order chi connectivity index (χ1) is 12.9. The molecule has 0 aliphatic carbocycles. The zero-order valence-corrected chi connectivity index (χ0v) is 16.3. The zero-order chi connectivity index (χ0) is 19.4. The number of aromatic nitrogens is 4. The maximum absolute atomic E-state index is 12.2. The van der Waals surface area contributed by atoms with Gasteiger partial charge in [0.1, 0.15) is 5.82 Å². The standard InChI is InChI=1S/C19H21N5O2S/c1-13(25)14-6-4-7-15(10-14)20-18(26)12-27-19-22-21-17(24(19)3)11-16-8-5-9-23(16)2/h4-10H,11-12H2,1-3H3,(H,20,26). The van der Waals surface area contributed by atoms with Gasteiger partial charge in [0.25, 0.3) is 0 Å². The van der Waals surface area contributed by atoms with E-state index in [9.17, 15) is 9.59 Å². The number of aryl methyl sites for hydroxylation is 1. The van der Waals surface area contributed by atoms with E-state index in [1.807, 2.05) is 41.6 Å². The SMILES string of the molecule is CC(=O)c1cccc(NC(=O)CSc2nnc(Cc3cccn3C)n2C)c1. The lowest BCUT2D eigenvalue weighted by atomic mass is 10.1. The third-order valence-electron chi connectivity index (χ3n) is 4.20. The van der Waals surface area contributed by atoms with Crippen LogP contribution in [0.2, 0.25) is 0 Å². The molecule has 1 aromatic carbocycles. The number of anilines is 1. The fourth-order valence-corrected chi connectivity index (χ4v) is 3.34. The van der Waals surface area contributed by atoms with E-state index < -0.39 is 0 Å². The molecule has 140 valence electrons. The molecule has 8 heteroatoms. The molecule has 0 radical (unpaired) electrons. The van der Waals surface area contributed by atoms with Gasteiger partial charge in [-0.1, -0.05) is 23.9 Å². The number of Topliss-reactive ketones (excluding diaryl/α,β-unsaturated/α-hetero) is 1. The van der Waals surface area contributed by atoms with Gasteiger partial charge in [-0.05, 0) is 31.2 Å². The molecule has 0 unspecified atom stereocenters. The Morgan fingerprint density at radius 1 is 1.15 bits per heavy atom. The van der Waals surface area contributed by atoms with Gasteiger partial charge in [-0.3, -0.25) is 9.59 Å². The number of carbonyl (C=O) groups excluding carboxylic acids is 2. The molecule has 0 saturated carbocycles. The normalized spacial score (nSPS) is 10.8. The number of hydrogen-bond donors (Lipinski definition) is 1. The summed E-state index contributed by atoms with van der Waals surface area (Å²) in [6.45, 7) is 1.50. The molecule has 0 aliphatic heterocycles. The fraction of sp³-hybridized carbons (Fsp3) is 0.263. The summed E-state index contributed by atoms with van der Waals surface area (Å²) in [5, 5.41) is 11.9. The maximum Gasteiger partial charge on any atom is 0.234 e. The van der Waals surface area contributed by atoms with Gasteiger partial charge < -0.3 is 14.5 Å². The first-order valence-corrected chi connectivity index (χ1v) is 9.44. The van der Waals surface area contributed by atoms with E-state index in [0.29, 0.717) is 22.8 Å². The summed E-state index contributed by atoms with van der Waals surface area (Å²) in [6, 6.07) is 10.9. The highest BCUT2D eigenvalue weighted by Crippen LogP contribution is 2.18.